The van der Waals surface area contributed by atoms with E-state index in [4.69, 9.17) is 9.47 Å². The Bertz CT molecular complexity index is 568. The first kappa shape index (κ1) is 16.4. The minimum Gasteiger partial charge on any atom is -0.478 e. The van der Waals surface area contributed by atoms with E-state index in [1.165, 1.54) is 13.0 Å². The van der Waals surface area contributed by atoms with Crippen LogP contribution in [-0.2, 0) is 19.1 Å². The third-order valence-corrected chi connectivity index (χ3v) is 3.90. The Morgan fingerprint density at radius 1 is 1.45 bits per heavy atom. The van der Waals surface area contributed by atoms with Crippen LogP contribution >= 0.6 is 0 Å². The molecule has 0 aromatic carbocycles. The van der Waals surface area contributed by atoms with Crippen LogP contribution in [-0.4, -0.2) is 51.4 Å². The van der Waals surface area contributed by atoms with Crippen LogP contribution in [0, 0.1) is 0 Å². The van der Waals surface area contributed by atoms with E-state index in [-0.39, 0.29) is 17.2 Å². The molecule has 1 heterocycles. The zero-order valence-electron chi connectivity index (χ0n) is 12.9. The lowest BCUT2D eigenvalue weighted by Crippen LogP contribution is -2.60. The summed E-state index contributed by atoms with van der Waals surface area (Å²) in [5.41, 5.74) is -1.26. The number of oxime groups is 1. The fourth-order valence-electron chi connectivity index (χ4n) is 3.15. The third-order valence-electron chi connectivity index (χ3n) is 3.90. The number of nitrogens with zero attached hydrogens (tertiary/aromatic N) is 1. The molecule has 2 rings (SSSR count). The van der Waals surface area contributed by atoms with Crippen LogP contribution in [0.2, 0.25) is 0 Å². The Hall–Kier alpha value is -1.93. The van der Waals surface area contributed by atoms with E-state index in [0.717, 1.165) is 0 Å². The molecule has 0 aromatic rings. The molecular formula is C14H20N2O6. The molecule has 1 aliphatic carbocycles. The second-order valence-corrected chi connectivity index (χ2v) is 5.85. The Morgan fingerprint density at radius 3 is 2.55 bits per heavy atom. The Kier molecular flexibility index (Phi) is 4.01. The lowest BCUT2D eigenvalue weighted by atomic mass is 9.75. The van der Waals surface area contributed by atoms with Gasteiger partial charge in [0.25, 0.3) is 0 Å². The highest BCUT2D eigenvalue weighted by atomic mass is 16.8. The van der Waals surface area contributed by atoms with Gasteiger partial charge < -0.3 is 25.1 Å². The fourth-order valence-corrected chi connectivity index (χ4v) is 3.15. The van der Waals surface area contributed by atoms with E-state index >= 15 is 0 Å². The first-order valence-corrected chi connectivity index (χ1v) is 6.99. The molecular weight excluding hydrogens is 292 g/mol. The van der Waals surface area contributed by atoms with Crippen molar-refractivity contribution in [1.29, 1.82) is 0 Å². The van der Waals surface area contributed by atoms with Crippen molar-refractivity contribution in [3.05, 3.63) is 11.6 Å². The van der Waals surface area contributed by atoms with Gasteiger partial charge in [0.2, 0.25) is 5.91 Å². The average Bonchev–Trinajstić information content (AvgIpc) is 2.70. The third kappa shape index (κ3) is 2.48. The molecule has 1 aliphatic heterocycles. The zero-order valence-corrected chi connectivity index (χ0v) is 12.9. The van der Waals surface area contributed by atoms with Crippen molar-refractivity contribution in [3.63, 3.8) is 0 Å². The first-order valence-electron chi connectivity index (χ1n) is 6.99. The van der Waals surface area contributed by atoms with Gasteiger partial charge in [-0.3, -0.25) is 4.79 Å². The summed E-state index contributed by atoms with van der Waals surface area (Å²) in [6, 6.07) is -0.799. The number of carbonyl (C=O) groups excluding carboxylic acids is 1. The van der Waals surface area contributed by atoms with E-state index in [0.29, 0.717) is 6.42 Å². The van der Waals surface area contributed by atoms with Crippen molar-refractivity contribution in [2.24, 2.45) is 5.16 Å². The molecule has 1 saturated heterocycles. The van der Waals surface area contributed by atoms with Gasteiger partial charge in [-0.2, -0.15) is 0 Å². The van der Waals surface area contributed by atoms with Crippen molar-refractivity contribution < 1.29 is 29.4 Å². The van der Waals surface area contributed by atoms with Crippen LogP contribution in [0.3, 0.4) is 0 Å². The van der Waals surface area contributed by atoms with Crippen LogP contribution in [0.4, 0.5) is 0 Å². The summed E-state index contributed by atoms with van der Waals surface area (Å²) in [5, 5.41) is 24.4. The van der Waals surface area contributed by atoms with Gasteiger partial charge in [-0.1, -0.05) is 12.1 Å². The average molecular weight is 312 g/mol. The SMILES string of the molecule is CCC12OC(C)(C)O[C@H]1C(NC(C)=O)C(=NO)C=C2C(=O)O. The molecule has 2 unspecified atom stereocenters. The summed E-state index contributed by atoms with van der Waals surface area (Å²) in [7, 11) is 0. The molecule has 0 radical (unpaired) electrons. The molecule has 3 atom stereocenters. The molecule has 122 valence electrons. The van der Waals surface area contributed by atoms with Crippen LogP contribution < -0.4 is 5.32 Å². The molecule has 1 amide bonds. The van der Waals surface area contributed by atoms with Crippen molar-refractivity contribution in [1.82, 2.24) is 5.32 Å². The Balaban J connectivity index is 2.62. The minimum atomic E-state index is -1.23. The number of carboxylic acids is 1. The monoisotopic (exact) mass is 312 g/mol. The standard InChI is InChI=1S/C14H20N2O6/c1-5-14-8(12(18)19)6-9(16-20)10(15-7(2)17)11(14)21-13(3,4)22-14/h6,10-11,20H,5H2,1-4H3,(H,15,17)(H,18,19)/t10?,11-,14?/m0/s1. The topological polar surface area (TPSA) is 117 Å². The Labute approximate surface area is 127 Å². The van der Waals surface area contributed by atoms with Crippen LogP contribution in [0.25, 0.3) is 0 Å². The second kappa shape index (κ2) is 5.36. The molecule has 8 heteroatoms. The molecule has 3 N–H and O–H groups in total. The number of carboxylic acid groups (broad SMARTS) is 1. The summed E-state index contributed by atoms with van der Waals surface area (Å²) in [6.45, 7) is 6.44. The molecule has 8 nitrogen and oxygen atoms in total. The number of ether oxygens (including phenoxy) is 2. The predicted molar refractivity (Wildman–Crippen MR) is 75.6 cm³/mol. The largest absolute Gasteiger partial charge is 0.478 e. The molecule has 22 heavy (non-hydrogen) atoms. The van der Waals surface area contributed by atoms with Crippen LogP contribution in [0.1, 0.15) is 34.1 Å². The fraction of sp³-hybridized carbons (Fsp3) is 0.643. The summed E-state index contributed by atoms with van der Waals surface area (Å²) in [6.07, 6.45) is 0.750. The maximum Gasteiger partial charge on any atom is 0.334 e. The second-order valence-electron chi connectivity index (χ2n) is 5.85. The van der Waals surface area contributed by atoms with E-state index in [2.05, 4.69) is 10.5 Å². The lowest BCUT2D eigenvalue weighted by Gasteiger charge is -2.39. The van der Waals surface area contributed by atoms with Crippen molar-refractivity contribution >= 4 is 17.6 Å². The number of fused-ring (bicyclic) bond motifs is 1. The quantitative estimate of drug-likeness (QED) is 0.520. The van der Waals surface area contributed by atoms with E-state index in [1.54, 1.807) is 20.8 Å². The van der Waals surface area contributed by atoms with Gasteiger partial charge in [0.05, 0.1) is 5.57 Å². The summed E-state index contributed by atoms with van der Waals surface area (Å²) in [4.78, 5) is 23.1. The normalized spacial score (nSPS) is 34.9. The van der Waals surface area contributed by atoms with E-state index in [1.807, 2.05) is 0 Å². The van der Waals surface area contributed by atoms with Crippen LogP contribution in [0.15, 0.2) is 16.8 Å². The van der Waals surface area contributed by atoms with E-state index in [9.17, 15) is 19.9 Å². The highest BCUT2D eigenvalue weighted by molar-refractivity contribution is 6.08. The smallest absolute Gasteiger partial charge is 0.334 e. The maximum atomic E-state index is 11.6. The van der Waals surface area contributed by atoms with Gasteiger partial charge in [-0.05, 0) is 26.3 Å². The van der Waals surface area contributed by atoms with Gasteiger partial charge in [-0.25, -0.2) is 4.79 Å². The van der Waals surface area contributed by atoms with Crippen LogP contribution in [0.5, 0.6) is 0 Å². The summed E-state index contributed by atoms with van der Waals surface area (Å²) in [5.74, 6) is -2.57. The van der Waals surface area contributed by atoms with Gasteiger partial charge >= 0.3 is 5.97 Å². The number of hydrogen-bond donors (Lipinski definition) is 3. The number of carbonyl (C=O) groups is 2. The highest BCUT2D eigenvalue weighted by Gasteiger charge is 2.61. The van der Waals surface area contributed by atoms with Crippen molar-refractivity contribution in [2.45, 2.75) is 57.6 Å². The summed E-state index contributed by atoms with van der Waals surface area (Å²) >= 11 is 0. The van der Waals surface area contributed by atoms with Gasteiger partial charge in [0.1, 0.15) is 23.5 Å². The molecule has 0 bridgehead atoms. The molecule has 0 spiro atoms. The number of hydrogen-bond acceptors (Lipinski definition) is 6. The van der Waals surface area contributed by atoms with Crippen molar-refractivity contribution in [2.75, 3.05) is 0 Å². The number of rotatable bonds is 3. The summed E-state index contributed by atoms with van der Waals surface area (Å²) < 4.78 is 11.7. The predicted octanol–water partition coefficient (Wildman–Crippen LogP) is 0.646. The Morgan fingerprint density at radius 2 is 2.09 bits per heavy atom. The van der Waals surface area contributed by atoms with Gasteiger partial charge in [0, 0.05) is 6.92 Å². The number of aliphatic carboxylic acids is 1. The van der Waals surface area contributed by atoms with Gasteiger partial charge in [-0.15, -0.1) is 0 Å². The maximum absolute atomic E-state index is 11.6. The molecule has 0 aromatic heterocycles. The lowest BCUT2D eigenvalue weighted by molar-refractivity contribution is -0.161. The molecule has 2 aliphatic rings. The zero-order chi connectivity index (χ0) is 16.7. The molecule has 0 saturated carbocycles. The minimum absolute atomic E-state index is 0.0166. The van der Waals surface area contributed by atoms with E-state index < -0.39 is 29.5 Å². The number of amides is 1. The van der Waals surface area contributed by atoms with Gasteiger partial charge in [0.15, 0.2) is 5.79 Å². The highest BCUT2D eigenvalue weighted by Crippen LogP contribution is 2.47. The molecule has 1 fully saturated rings. The van der Waals surface area contributed by atoms with Crippen molar-refractivity contribution in [3.8, 4) is 0 Å². The number of nitrogens with one attached hydrogen (secondary N) is 1. The first-order chi connectivity index (χ1) is 10.2.